The van der Waals surface area contributed by atoms with Gasteiger partial charge >= 0.3 is 6.03 Å². The van der Waals surface area contributed by atoms with Crippen molar-refractivity contribution in [2.24, 2.45) is 5.41 Å². The lowest BCUT2D eigenvalue weighted by molar-refractivity contribution is 0.162. The van der Waals surface area contributed by atoms with Crippen LogP contribution in [0.1, 0.15) is 20.8 Å². The molecular formula is C12H19N3O2. The Morgan fingerprint density at radius 1 is 1.47 bits per heavy atom. The van der Waals surface area contributed by atoms with Gasteiger partial charge in [0.25, 0.3) is 0 Å². The Balaban J connectivity index is 2.55. The van der Waals surface area contributed by atoms with Crippen molar-refractivity contribution in [3.8, 4) is 0 Å². The van der Waals surface area contributed by atoms with Gasteiger partial charge in [0, 0.05) is 6.20 Å². The summed E-state index contributed by atoms with van der Waals surface area (Å²) in [5, 5.41) is 14.5. The number of amides is 2. The molecule has 0 aliphatic heterocycles. The van der Waals surface area contributed by atoms with E-state index in [1.165, 1.54) is 0 Å². The van der Waals surface area contributed by atoms with Crippen LogP contribution in [0, 0.1) is 5.41 Å². The Labute approximate surface area is 101 Å². The molecule has 1 atom stereocenters. The molecule has 0 fully saturated rings. The first-order valence-corrected chi connectivity index (χ1v) is 5.53. The van der Waals surface area contributed by atoms with Crippen molar-refractivity contribution in [3.63, 3.8) is 0 Å². The van der Waals surface area contributed by atoms with Gasteiger partial charge in [0.15, 0.2) is 0 Å². The third-order valence-corrected chi connectivity index (χ3v) is 2.44. The summed E-state index contributed by atoms with van der Waals surface area (Å²) in [6, 6.07) is 4.60. The van der Waals surface area contributed by atoms with Crippen LogP contribution in [0.15, 0.2) is 24.4 Å². The molecular weight excluding hydrogens is 218 g/mol. The molecule has 1 aromatic heterocycles. The summed E-state index contributed by atoms with van der Waals surface area (Å²) < 4.78 is 0. The molecule has 0 aliphatic rings. The second kappa shape index (κ2) is 5.63. The summed E-state index contributed by atoms with van der Waals surface area (Å²) in [4.78, 5) is 15.6. The maximum Gasteiger partial charge on any atom is 0.320 e. The van der Waals surface area contributed by atoms with Gasteiger partial charge in [-0.3, -0.25) is 5.32 Å². The molecule has 5 nitrogen and oxygen atoms in total. The molecule has 0 unspecified atom stereocenters. The number of urea groups is 1. The van der Waals surface area contributed by atoms with Gasteiger partial charge in [0.05, 0.1) is 12.6 Å². The van der Waals surface area contributed by atoms with Crippen LogP contribution in [0.4, 0.5) is 10.6 Å². The monoisotopic (exact) mass is 237 g/mol. The van der Waals surface area contributed by atoms with Crippen LogP contribution < -0.4 is 10.6 Å². The number of hydrogen-bond acceptors (Lipinski definition) is 3. The molecule has 94 valence electrons. The number of aliphatic hydroxyl groups is 1. The number of nitrogens with one attached hydrogen (secondary N) is 2. The molecule has 0 aromatic carbocycles. The standard InChI is InChI=1S/C12H19N3O2/c1-12(2,3)9(8-16)14-11(17)15-10-6-4-5-7-13-10/h4-7,9,16H,8H2,1-3H3,(H2,13,14,15,17)/t9-/m1/s1. The number of hydrogen-bond donors (Lipinski definition) is 3. The van der Waals surface area contributed by atoms with Crippen LogP contribution in [0.2, 0.25) is 0 Å². The van der Waals surface area contributed by atoms with E-state index in [1.54, 1.807) is 24.4 Å². The minimum absolute atomic E-state index is 0.0981. The van der Waals surface area contributed by atoms with E-state index in [9.17, 15) is 9.90 Å². The van der Waals surface area contributed by atoms with Crippen LogP contribution in [0.5, 0.6) is 0 Å². The molecule has 3 N–H and O–H groups in total. The quantitative estimate of drug-likeness (QED) is 0.747. The first-order chi connectivity index (χ1) is 7.93. The summed E-state index contributed by atoms with van der Waals surface area (Å²) in [5.74, 6) is 0.482. The summed E-state index contributed by atoms with van der Waals surface area (Å²) in [5.41, 5.74) is -0.198. The second-order valence-corrected chi connectivity index (χ2v) is 4.91. The highest BCUT2D eigenvalue weighted by molar-refractivity contribution is 5.88. The molecule has 1 heterocycles. The topological polar surface area (TPSA) is 74.2 Å². The summed E-state index contributed by atoms with van der Waals surface area (Å²) in [6.45, 7) is 5.76. The fourth-order valence-electron chi connectivity index (χ4n) is 1.28. The third-order valence-electron chi connectivity index (χ3n) is 2.44. The molecule has 0 saturated heterocycles. The van der Waals surface area contributed by atoms with Crippen molar-refractivity contribution in [2.75, 3.05) is 11.9 Å². The fourth-order valence-corrected chi connectivity index (χ4v) is 1.28. The van der Waals surface area contributed by atoms with E-state index in [4.69, 9.17) is 0 Å². The zero-order valence-electron chi connectivity index (χ0n) is 10.4. The maximum absolute atomic E-state index is 11.7. The Kier molecular flexibility index (Phi) is 4.45. The molecule has 1 rings (SSSR count). The minimum Gasteiger partial charge on any atom is -0.394 e. The highest BCUT2D eigenvalue weighted by Gasteiger charge is 2.25. The SMILES string of the molecule is CC(C)(C)[C@@H](CO)NC(=O)Nc1ccccn1. The number of rotatable bonds is 3. The van der Waals surface area contributed by atoms with Crippen molar-refractivity contribution >= 4 is 11.8 Å². The first kappa shape index (κ1) is 13.4. The van der Waals surface area contributed by atoms with E-state index in [1.807, 2.05) is 20.8 Å². The van der Waals surface area contributed by atoms with Gasteiger partial charge in [0.1, 0.15) is 5.82 Å². The fraction of sp³-hybridized carbons (Fsp3) is 0.500. The minimum atomic E-state index is -0.363. The lowest BCUT2D eigenvalue weighted by atomic mass is 9.87. The lowest BCUT2D eigenvalue weighted by Crippen LogP contribution is -2.47. The number of carbonyl (C=O) groups is 1. The van der Waals surface area contributed by atoms with Crippen LogP contribution in [0.25, 0.3) is 0 Å². The molecule has 2 amide bonds. The van der Waals surface area contributed by atoms with Crippen molar-refractivity contribution in [1.29, 1.82) is 0 Å². The highest BCUT2D eigenvalue weighted by atomic mass is 16.3. The summed E-state index contributed by atoms with van der Waals surface area (Å²) >= 11 is 0. The number of carbonyl (C=O) groups excluding carboxylic acids is 1. The van der Waals surface area contributed by atoms with Crippen molar-refractivity contribution in [3.05, 3.63) is 24.4 Å². The smallest absolute Gasteiger partial charge is 0.320 e. The van der Waals surface area contributed by atoms with Crippen LogP contribution in [-0.4, -0.2) is 28.8 Å². The average molecular weight is 237 g/mol. The van der Waals surface area contributed by atoms with Crippen LogP contribution >= 0.6 is 0 Å². The average Bonchev–Trinajstić information content (AvgIpc) is 2.25. The number of anilines is 1. The largest absolute Gasteiger partial charge is 0.394 e. The molecule has 0 spiro atoms. The van der Waals surface area contributed by atoms with Gasteiger partial charge in [-0.15, -0.1) is 0 Å². The van der Waals surface area contributed by atoms with Gasteiger partial charge in [-0.1, -0.05) is 26.8 Å². The normalized spacial score (nSPS) is 12.9. The van der Waals surface area contributed by atoms with Crippen molar-refractivity contribution in [2.45, 2.75) is 26.8 Å². The van der Waals surface area contributed by atoms with E-state index < -0.39 is 0 Å². The van der Waals surface area contributed by atoms with Gasteiger partial charge in [0.2, 0.25) is 0 Å². The van der Waals surface area contributed by atoms with Gasteiger partial charge in [-0.2, -0.15) is 0 Å². The van der Waals surface area contributed by atoms with E-state index in [0.29, 0.717) is 5.82 Å². The number of aliphatic hydroxyl groups excluding tert-OH is 1. The molecule has 1 aromatic rings. The van der Waals surface area contributed by atoms with Crippen molar-refractivity contribution in [1.82, 2.24) is 10.3 Å². The number of aromatic nitrogens is 1. The predicted octanol–water partition coefficient (Wildman–Crippen LogP) is 1.61. The van der Waals surface area contributed by atoms with E-state index in [0.717, 1.165) is 0 Å². The van der Waals surface area contributed by atoms with Gasteiger partial charge < -0.3 is 10.4 Å². The lowest BCUT2D eigenvalue weighted by Gasteiger charge is -2.29. The molecule has 0 bridgehead atoms. The van der Waals surface area contributed by atoms with Gasteiger partial charge in [-0.05, 0) is 17.5 Å². The zero-order valence-corrected chi connectivity index (χ0v) is 10.4. The predicted molar refractivity (Wildman–Crippen MR) is 66.7 cm³/mol. The Hall–Kier alpha value is -1.62. The molecule has 0 aliphatic carbocycles. The van der Waals surface area contributed by atoms with Crippen LogP contribution in [0.3, 0.4) is 0 Å². The third kappa shape index (κ3) is 4.40. The molecule has 0 saturated carbocycles. The first-order valence-electron chi connectivity index (χ1n) is 5.53. The summed E-state index contributed by atoms with van der Waals surface area (Å²) in [6.07, 6.45) is 1.60. The van der Waals surface area contributed by atoms with E-state index in [2.05, 4.69) is 15.6 Å². The maximum atomic E-state index is 11.7. The number of pyridine rings is 1. The van der Waals surface area contributed by atoms with Gasteiger partial charge in [-0.25, -0.2) is 9.78 Å². The number of nitrogens with zero attached hydrogens (tertiary/aromatic N) is 1. The van der Waals surface area contributed by atoms with E-state index in [-0.39, 0.29) is 24.1 Å². The second-order valence-electron chi connectivity index (χ2n) is 4.91. The molecule has 5 heteroatoms. The Morgan fingerprint density at radius 2 is 2.18 bits per heavy atom. The molecule has 17 heavy (non-hydrogen) atoms. The highest BCUT2D eigenvalue weighted by Crippen LogP contribution is 2.18. The van der Waals surface area contributed by atoms with E-state index >= 15 is 0 Å². The molecule has 0 radical (unpaired) electrons. The summed E-state index contributed by atoms with van der Waals surface area (Å²) in [7, 11) is 0. The van der Waals surface area contributed by atoms with Crippen LogP contribution in [-0.2, 0) is 0 Å². The Morgan fingerprint density at radius 3 is 2.65 bits per heavy atom. The zero-order chi connectivity index (χ0) is 12.9. The van der Waals surface area contributed by atoms with Crippen molar-refractivity contribution < 1.29 is 9.90 Å². The Bertz CT molecular complexity index is 360.